The van der Waals surface area contributed by atoms with E-state index in [1.54, 1.807) is 6.92 Å². The van der Waals surface area contributed by atoms with E-state index in [4.69, 9.17) is 9.90 Å². The quantitative estimate of drug-likeness (QED) is 0.589. The van der Waals surface area contributed by atoms with Crippen LogP contribution in [0.1, 0.15) is 17.3 Å². The largest absolute Gasteiger partial charge is 0.483 e. The Kier molecular flexibility index (Phi) is 4.21. The lowest BCUT2D eigenvalue weighted by Gasteiger charge is -2.01. The fraction of sp³-hybridized carbons (Fsp3) is 0.0769. The van der Waals surface area contributed by atoms with E-state index >= 15 is 0 Å². The van der Waals surface area contributed by atoms with Gasteiger partial charge in [-0.05, 0) is 17.7 Å². The van der Waals surface area contributed by atoms with Gasteiger partial charge in [0, 0.05) is 5.56 Å². The molecule has 2 aromatic carbocycles. The second-order valence-electron chi connectivity index (χ2n) is 3.19. The molecule has 0 aliphatic rings. The minimum Gasteiger partial charge on any atom is -0.483 e. The molecule has 1 N–H and O–H groups in total. The first-order valence-electron chi connectivity index (χ1n) is 4.77. The van der Waals surface area contributed by atoms with Gasteiger partial charge in [0.15, 0.2) is 5.78 Å². The van der Waals surface area contributed by atoms with Crippen LogP contribution in [-0.4, -0.2) is 17.4 Å². The molecule has 0 bridgehead atoms. The molecule has 0 spiro atoms. The van der Waals surface area contributed by atoms with Gasteiger partial charge in [-0.3, -0.25) is 9.59 Å². The molecule has 0 fully saturated rings. The highest BCUT2D eigenvalue weighted by Crippen LogP contribution is 2.18. The summed E-state index contributed by atoms with van der Waals surface area (Å²) in [5, 5.41) is 9.05. The van der Waals surface area contributed by atoms with Crippen LogP contribution in [-0.2, 0) is 4.79 Å². The van der Waals surface area contributed by atoms with Crippen molar-refractivity contribution in [3.63, 3.8) is 0 Å². The Morgan fingerprint density at radius 2 is 1.69 bits per heavy atom. The minimum absolute atomic E-state index is 0.122. The van der Waals surface area contributed by atoms with E-state index in [1.165, 1.54) is 0 Å². The summed E-state index contributed by atoms with van der Waals surface area (Å²) >= 11 is 0. The topological polar surface area (TPSA) is 54.4 Å². The Balaban J connectivity index is 0.000000386. The van der Waals surface area contributed by atoms with E-state index in [2.05, 4.69) is 0 Å². The van der Waals surface area contributed by atoms with Gasteiger partial charge < -0.3 is 5.11 Å². The molecule has 0 radical (unpaired) electrons. The fourth-order valence-electron chi connectivity index (χ4n) is 1.53. The summed E-state index contributed by atoms with van der Waals surface area (Å²) in [6, 6.07) is 13.7. The van der Waals surface area contributed by atoms with Crippen LogP contribution in [0.25, 0.3) is 10.8 Å². The van der Waals surface area contributed by atoms with Crippen molar-refractivity contribution < 1.29 is 14.7 Å². The predicted octanol–water partition coefficient (Wildman–Crippen LogP) is 2.74. The van der Waals surface area contributed by atoms with Gasteiger partial charge in [-0.2, -0.15) is 0 Å². The van der Waals surface area contributed by atoms with Crippen molar-refractivity contribution in [3.05, 3.63) is 48.0 Å². The van der Waals surface area contributed by atoms with Crippen LogP contribution in [0.4, 0.5) is 0 Å². The van der Waals surface area contributed by atoms with Crippen LogP contribution in [0.2, 0.25) is 0 Å². The first-order chi connectivity index (χ1) is 7.70. The minimum atomic E-state index is -0.250. The number of carbonyl (C=O) groups excluding carboxylic acids is 1. The Labute approximate surface area is 93.3 Å². The Hall–Kier alpha value is -2.16. The maximum atomic E-state index is 11.3. The lowest BCUT2D eigenvalue weighted by Crippen LogP contribution is -1.92. The Bertz CT molecular complexity index is 498. The maximum absolute atomic E-state index is 11.3. The van der Waals surface area contributed by atoms with Crippen molar-refractivity contribution in [2.24, 2.45) is 0 Å². The van der Waals surface area contributed by atoms with Gasteiger partial charge >= 0.3 is 0 Å². The van der Waals surface area contributed by atoms with Crippen molar-refractivity contribution in [2.75, 3.05) is 0 Å². The number of carbonyl (C=O) groups is 2. The lowest BCUT2D eigenvalue weighted by molar-refractivity contribution is -0.122. The summed E-state index contributed by atoms with van der Waals surface area (Å²) in [7, 11) is 0. The van der Waals surface area contributed by atoms with Crippen LogP contribution in [0, 0.1) is 0 Å². The number of Topliss-reactive ketones (excluding diaryl/α,β-unsaturated/α-hetero) is 1. The highest BCUT2D eigenvalue weighted by molar-refractivity contribution is 6.06. The average molecular weight is 216 g/mol. The van der Waals surface area contributed by atoms with Crippen LogP contribution in [0.3, 0.4) is 0 Å². The van der Waals surface area contributed by atoms with Gasteiger partial charge in [0.2, 0.25) is 0 Å². The SMILES string of the molecule is CC(=O)c1cccc2ccccc12.O=CO. The number of carboxylic acid groups (broad SMARTS) is 1. The molecule has 0 atom stereocenters. The van der Waals surface area contributed by atoms with E-state index in [0.717, 1.165) is 16.3 Å². The molecule has 0 saturated carbocycles. The number of rotatable bonds is 1. The van der Waals surface area contributed by atoms with Gasteiger partial charge in [-0.25, -0.2) is 0 Å². The monoisotopic (exact) mass is 216 g/mol. The molecular weight excluding hydrogens is 204 g/mol. The van der Waals surface area contributed by atoms with Crippen molar-refractivity contribution >= 4 is 23.0 Å². The van der Waals surface area contributed by atoms with Crippen molar-refractivity contribution in [1.82, 2.24) is 0 Å². The van der Waals surface area contributed by atoms with Crippen molar-refractivity contribution in [1.29, 1.82) is 0 Å². The zero-order valence-corrected chi connectivity index (χ0v) is 8.88. The van der Waals surface area contributed by atoms with Gasteiger partial charge in [-0.1, -0.05) is 42.5 Å². The summed E-state index contributed by atoms with van der Waals surface area (Å²) in [6.45, 7) is 1.35. The van der Waals surface area contributed by atoms with Crippen molar-refractivity contribution in [2.45, 2.75) is 6.92 Å². The molecule has 16 heavy (non-hydrogen) atoms. The highest BCUT2D eigenvalue weighted by Gasteiger charge is 2.02. The molecule has 3 nitrogen and oxygen atoms in total. The van der Waals surface area contributed by atoms with E-state index in [9.17, 15) is 4.79 Å². The standard InChI is InChI=1S/C12H10O.CH2O2/c1-9(13)11-8-4-6-10-5-2-3-7-12(10)11;2-1-3/h2-8H,1H3;1H,(H,2,3). The van der Waals surface area contributed by atoms with E-state index in [1.807, 2.05) is 42.5 Å². The summed E-state index contributed by atoms with van der Waals surface area (Å²) < 4.78 is 0. The zero-order valence-electron chi connectivity index (χ0n) is 8.88. The highest BCUT2D eigenvalue weighted by atomic mass is 16.3. The van der Waals surface area contributed by atoms with E-state index in [0.29, 0.717) is 0 Å². The van der Waals surface area contributed by atoms with Crippen LogP contribution < -0.4 is 0 Å². The van der Waals surface area contributed by atoms with E-state index < -0.39 is 0 Å². The summed E-state index contributed by atoms with van der Waals surface area (Å²) in [6.07, 6.45) is 0. The number of fused-ring (bicyclic) bond motifs is 1. The van der Waals surface area contributed by atoms with Crippen LogP contribution in [0.5, 0.6) is 0 Å². The molecule has 82 valence electrons. The molecular formula is C13H12O3. The smallest absolute Gasteiger partial charge is 0.290 e. The molecule has 3 heteroatoms. The van der Waals surface area contributed by atoms with Gasteiger partial charge in [0.05, 0.1) is 0 Å². The fourth-order valence-corrected chi connectivity index (χ4v) is 1.53. The first-order valence-corrected chi connectivity index (χ1v) is 4.77. The maximum Gasteiger partial charge on any atom is 0.290 e. The van der Waals surface area contributed by atoms with Gasteiger partial charge in [0.1, 0.15) is 0 Å². The zero-order chi connectivity index (χ0) is 12.0. The third-order valence-electron chi connectivity index (χ3n) is 2.17. The number of benzene rings is 2. The first kappa shape index (κ1) is 11.9. The van der Waals surface area contributed by atoms with Gasteiger partial charge in [-0.15, -0.1) is 0 Å². The lowest BCUT2D eigenvalue weighted by atomic mass is 10.0. The second kappa shape index (κ2) is 5.66. The molecule has 0 heterocycles. The average Bonchev–Trinajstić information content (AvgIpc) is 2.29. The molecule has 0 aliphatic carbocycles. The molecule has 2 rings (SSSR count). The molecule has 0 amide bonds. The summed E-state index contributed by atoms with van der Waals surface area (Å²) in [5.41, 5.74) is 0.804. The number of ketones is 1. The van der Waals surface area contributed by atoms with Gasteiger partial charge in [0.25, 0.3) is 6.47 Å². The van der Waals surface area contributed by atoms with Crippen LogP contribution >= 0.6 is 0 Å². The molecule has 0 unspecified atom stereocenters. The Morgan fingerprint density at radius 3 is 2.31 bits per heavy atom. The molecule has 0 aliphatic heterocycles. The normalized spacial score (nSPS) is 9.06. The second-order valence-corrected chi connectivity index (χ2v) is 3.19. The summed E-state index contributed by atoms with van der Waals surface area (Å²) in [4.78, 5) is 19.6. The predicted molar refractivity (Wildman–Crippen MR) is 62.6 cm³/mol. The van der Waals surface area contributed by atoms with E-state index in [-0.39, 0.29) is 12.3 Å². The number of hydrogen-bond acceptors (Lipinski definition) is 2. The number of hydrogen-bond donors (Lipinski definition) is 1. The Morgan fingerprint density at radius 1 is 1.12 bits per heavy atom. The molecule has 2 aromatic rings. The third kappa shape index (κ3) is 2.67. The van der Waals surface area contributed by atoms with Crippen molar-refractivity contribution in [3.8, 4) is 0 Å². The van der Waals surface area contributed by atoms with Crippen LogP contribution in [0.15, 0.2) is 42.5 Å². The molecule has 0 saturated heterocycles. The third-order valence-corrected chi connectivity index (χ3v) is 2.17. The summed E-state index contributed by atoms with van der Waals surface area (Å²) in [5.74, 6) is 0.122. The molecule has 0 aromatic heterocycles.